The summed E-state index contributed by atoms with van der Waals surface area (Å²) in [5, 5.41) is 0. The highest BCUT2D eigenvalue weighted by Crippen LogP contribution is 2.39. The van der Waals surface area contributed by atoms with Gasteiger partial charge in [-0.3, -0.25) is 0 Å². The van der Waals surface area contributed by atoms with Crippen molar-refractivity contribution in [2.75, 3.05) is 19.6 Å². The van der Waals surface area contributed by atoms with Gasteiger partial charge >= 0.3 is 0 Å². The van der Waals surface area contributed by atoms with Gasteiger partial charge in [-0.05, 0) is 57.5 Å². The number of fused-ring (bicyclic) bond motifs is 3. The summed E-state index contributed by atoms with van der Waals surface area (Å²) in [5.41, 5.74) is 2.62. The first-order valence-corrected chi connectivity index (χ1v) is 8.26. The minimum absolute atomic E-state index is 0.663. The number of aromatic nitrogens is 2. The number of allylic oxidation sites excluding steroid dienone is 1. The molecule has 104 valence electrons. The van der Waals surface area contributed by atoms with Gasteiger partial charge < -0.3 is 4.90 Å². The molecule has 0 radical (unpaired) electrons. The standard InChI is InChI=1S/C15H23N3S/c1-2-3-4-5-6-14-15(17-19-16-14)13-11-18-9-7-12(13)8-10-18/h2,12-13H,1,3-11H2. The lowest BCUT2D eigenvalue weighted by atomic mass is 9.77. The molecule has 0 spiro atoms. The van der Waals surface area contributed by atoms with Crippen molar-refractivity contribution in [2.24, 2.45) is 5.92 Å². The molecule has 0 aromatic carbocycles. The highest BCUT2D eigenvalue weighted by Gasteiger charge is 2.37. The zero-order chi connectivity index (χ0) is 13.1. The van der Waals surface area contributed by atoms with Crippen LogP contribution in [0.25, 0.3) is 0 Å². The molecule has 2 bridgehead atoms. The van der Waals surface area contributed by atoms with Crippen molar-refractivity contribution in [3.8, 4) is 0 Å². The monoisotopic (exact) mass is 277 g/mol. The van der Waals surface area contributed by atoms with Crippen LogP contribution in [0.2, 0.25) is 0 Å². The smallest absolute Gasteiger partial charge is 0.0821 e. The van der Waals surface area contributed by atoms with Crippen molar-refractivity contribution in [1.29, 1.82) is 0 Å². The summed E-state index contributed by atoms with van der Waals surface area (Å²) in [6.45, 7) is 7.60. The van der Waals surface area contributed by atoms with Crippen LogP contribution in [0.4, 0.5) is 0 Å². The highest BCUT2D eigenvalue weighted by molar-refractivity contribution is 6.99. The van der Waals surface area contributed by atoms with E-state index in [1.807, 2.05) is 6.08 Å². The molecule has 1 aromatic rings. The minimum atomic E-state index is 0.663. The number of unbranched alkanes of at least 4 members (excludes halogenated alkanes) is 2. The third-order valence-electron chi connectivity index (χ3n) is 4.67. The first-order valence-electron chi connectivity index (χ1n) is 7.53. The van der Waals surface area contributed by atoms with Crippen LogP contribution in [-0.4, -0.2) is 33.3 Å². The molecule has 3 aliphatic heterocycles. The third-order valence-corrected chi connectivity index (χ3v) is 5.25. The highest BCUT2D eigenvalue weighted by atomic mass is 32.1. The Balaban J connectivity index is 1.64. The molecular formula is C15H23N3S. The van der Waals surface area contributed by atoms with Crippen LogP contribution in [0.3, 0.4) is 0 Å². The number of hydrogen-bond donors (Lipinski definition) is 0. The van der Waals surface area contributed by atoms with Gasteiger partial charge in [-0.15, -0.1) is 6.58 Å². The number of hydrogen-bond acceptors (Lipinski definition) is 4. The maximum Gasteiger partial charge on any atom is 0.0821 e. The molecule has 3 fully saturated rings. The van der Waals surface area contributed by atoms with Gasteiger partial charge in [-0.2, -0.15) is 8.75 Å². The Bertz CT molecular complexity index is 421. The predicted octanol–water partition coefficient (Wildman–Crippen LogP) is 3.25. The maximum atomic E-state index is 4.64. The van der Waals surface area contributed by atoms with Crippen LogP contribution in [0.5, 0.6) is 0 Å². The van der Waals surface area contributed by atoms with E-state index in [9.17, 15) is 0 Å². The van der Waals surface area contributed by atoms with E-state index < -0.39 is 0 Å². The van der Waals surface area contributed by atoms with E-state index in [1.54, 1.807) is 0 Å². The molecule has 4 heteroatoms. The lowest BCUT2D eigenvalue weighted by molar-refractivity contribution is 0.0853. The van der Waals surface area contributed by atoms with Gasteiger partial charge in [0, 0.05) is 12.5 Å². The molecule has 0 N–H and O–H groups in total. The Morgan fingerprint density at radius 3 is 2.79 bits per heavy atom. The second-order valence-electron chi connectivity index (χ2n) is 5.88. The Morgan fingerprint density at radius 2 is 2.11 bits per heavy atom. The van der Waals surface area contributed by atoms with Gasteiger partial charge in [0.25, 0.3) is 0 Å². The minimum Gasteiger partial charge on any atom is -0.303 e. The van der Waals surface area contributed by atoms with Gasteiger partial charge in [0.05, 0.1) is 23.1 Å². The Hall–Kier alpha value is -0.740. The normalized spacial score (nSPS) is 29.6. The average Bonchev–Trinajstić information content (AvgIpc) is 2.93. The van der Waals surface area contributed by atoms with E-state index in [0.29, 0.717) is 5.92 Å². The SMILES string of the molecule is C=CCCCCc1nsnc1C1CN2CCC1CC2. The molecule has 19 heavy (non-hydrogen) atoms. The van der Waals surface area contributed by atoms with Crippen LogP contribution in [0.15, 0.2) is 12.7 Å². The molecule has 0 saturated carbocycles. The van der Waals surface area contributed by atoms with Crippen LogP contribution >= 0.6 is 11.7 Å². The van der Waals surface area contributed by atoms with Crippen LogP contribution in [0.1, 0.15) is 49.4 Å². The largest absolute Gasteiger partial charge is 0.303 e. The van der Waals surface area contributed by atoms with Gasteiger partial charge in [0.1, 0.15) is 0 Å². The summed E-state index contributed by atoms with van der Waals surface area (Å²) in [6, 6.07) is 0. The average molecular weight is 277 g/mol. The summed E-state index contributed by atoms with van der Waals surface area (Å²) in [6.07, 6.45) is 9.38. The van der Waals surface area contributed by atoms with Crippen molar-refractivity contribution >= 4 is 11.7 Å². The fourth-order valence-corrected chi connectivity index (χ4v) is 4.18. The molecule has 0 amide bonds. The van der Waals surface area contributed by atoms with Crippen LogP contribution in [0, 0.1) is 5.92 Å². The van der Waals surface area contributed by atoms with E-state index in [4.69, 9.17) is 0 Å². The predicted molar refractivity (Wildman–Crippen MR) is 79.6 cm³/mol. The molecule has 4 heterocycles. The molecule has 1 aromatic heterocycles. The van der Waals surface area contributed by atoms with Crippen molar-refractivity contribution in [1.82, 2.24) is 13.6 Å². The zero-order valence-electron chi connectivity index (χ0n) is 11.6. The summed E-state index contributed by atoms with van der Waals surface area (Å²) in [5.74, 6) is 1.52. The van der Waals surface area contributed by atoms with Gasteiger partial charge in [-0.25, -0.2) is 0 Å². The van der Waals surface area contributed by atoms with Gasteiger partial charge in [-0.1, -0.05) is 6.08 Å². The summed E-state index contributed by atoms with van der Waals surface area (Å²) in [4.78, 5) is 2.60. The van der Waals surface area contributed by atoms with E-state index in [2.05, 4.69) is 20.2 Å². The number of nitrogens with zero attached hydrogens (tertiary/aromatic N) is 3. The lowest BCUT2D eigenvalue weighted by Gasteiger charge is -2.44. The van der Waals surface area contributed by atoms with Crippen molar-refractivity contribution in [3.63, 3.8) is 0 Å². The second kappa shape index (κ2) is 6.14. The van der Waals surface area contributed by atoms with E-state index >= 15 is 0 Å². The Morgan fingerprint density at radius 1 is 1.26 bits per heavy atom. The molecule has 3 nitrogen and oxygen atoms in total. The Kier molecular flexibility index (Phi) is 4.28. The first kappa shape index (κ1) is 13.3. The van der Waals surface area contributed by atoms with Crippen molar-refractivity contribution in [2.45, 2.75) is 44.4 Å². The van der Waals surface area contributed by atoms with Crippen LogP contribution in [-0.2, 0) is 6.42 Å². The molecule has 1 unspecified atom stereocenters. The number of piperidine rings is 3. The van der Waals surface area contributed by atoms with Crippen molar-refractivity contribution in [3.05, 3.63) is 24.0 Å². The molecule has 1 atom stereocenters. The molecule has 4 rings (SSSR count). The number of rotatable bonds is 6. The molecule has 3 aliphatic rings. The quantitative estimate of drug-likeness (QED) is 0.590. The second-order valence-corrected chi connectivity index (χ2v) is 6.40. The summed E-state index contributed by atoms with van der Waals surface area (Å²) >= 11 is 1.41. The topological polar surface area (TPSA) is 29.0 Å². The van der Waals surface area contributed by atoms with E-state index in [1.165, 1.54) is 68.4 Å². The first-order chi connectivity index (χ1) is 9.38. The summed E-state index contributed by atoms with van der Waals surface area (Å²) in [7, 11) is 0. The fourth-order valence-electron chi connectivity index (χ4n) is 3.52. The van der Waals surface area contributed by atoms with E-state index in [0.717, 1.165) is 18.8 Å². The van der Waals surface area contributed by atoms with Crippen molar-refractivity contribution < 1.29 is 0 Å². The van der Waals surface area contributed by atoms with Gasteiger partial charge in [0.15, 0.2) is 0 Å². The van der Waals surface area contributed by atoms with E-state index in [-0.39, 0.29) is 0 Å². The van der Waals surface area contributed by atoms with Gasteiger partial charge in [0.2, 0.25) is 0 Å². The Labute approximate surface area is 120 Å². The maximum absolute atomic E-state index is 4.64. The molecule has 3 saturated heterocycles. The fraction of sp³-hybridized carbons (Fsp3) is 0.733. The van der Waals surface area contributed by atoms with Crippen LogP contribution < -0.4 is 0 Å². The lowest BCUT2D eigenvalue weighted by Crippen LogP contribution is -2.46. The zero-order valence-corrected chi connectivity index (χ0v) is 12.4. The third kappa shape index (κ3) is 2.90. The number of aryl methyl sites for hydroxylation is 1. The molecular weight excluding hydrogens is 254 g/mol. The summed E-state index contributed by atoms with van der Waals surface area (Å²) < 4.78 is 9.20. The molecule has 0 aliphatic carbocycles.